The minimum atomic E-state index is 0.439. The molecule has 15 heavy (non-hydrogen) atoms. The van der Waals surface area contributed by atoms with Crippen molar-refractivity contribution in [3.8, 4) is 0 Å². The van der Waals surface area contributed by atoms with Gasteiger partial charge in [0.05, 0.1) is 0 Å². The largest absolute Gasteiger partial charge is 0.316 e. The van der Waals surface area contributed by atoms with Gasteiger partial charge in [-0.1, -0.05) is 34.1 Å². The summed E-state index contributed by atoms with van der Waals surface area (Å²) in [5.74, 6) is 0. The van der Waals surface area contributed by atoms with E-state index >= 15 is 0 Å². The molecule has 1 N–H and O–H groups in total. The third kappa shape index (κ3) is 6.91. The molecular weight excluding hydrogens is 184 g/mol. The van der Waals surface area contributed by atoms with Crippen LogP contribution in [0.3, 0.4) is 0 Å². The van der Waals surface area contributed by atoms with Gasteiger partial charge in [-0.2, -0.15) is 0 Å². The SMILES string of the molecule is CCCNCC(C)(CCC)CN(C)CC. The summed E-state index contributed by atoms with van der Waals surface area (Å²) in [4.78, 5) is 2.42. The fourth-order valence-electron chi connectivity index (χ4n) is 2.16. The second kappa shape index (κ2) is 8.12. The molecule has 0 saturated carbocycles. The molecule has 0 aromatic rings. The van der Waals surface area contributed by atoms with Crippen LogP contribution in [-0.4, -0.2) is 38.1 Å². The molecule has 92 valence electrons. The van der Waals surface area contributed by atoms with Gasteiger partial charge in [0.2, 0.25) is 0 Å². The zero-order valence-electron chi connectivity index (χ0n) is 11.4. The van der Waals surface area contributed by atoms with Gasteiger partial charge >= 0.3 is 0 Å². The van der Waals surface area contributed by atoms with E-state index in [1.165, 1.54) is 25.8 Å². The fourth-order valence-corrected chi connectivity index (χ4v) is 2.16. The number of hydrogen-bond donors (Lipinski definition) is 1. The average molecular weight is 214 g/mol. The lowest BCUT2D eigenvalue weighted by Crippen LogP contribution is -2.41. The van der Waals surface area contributed by atoms with Gasteiger partial charge < -0.3 is 10.2 Å². The Morgan fingerprint density at radius 1 is 1.13 bits per heavy atom. The minimum Gasteiger partial charge on any atom is -0.316 e. The van der Waals surface area contributed by atoms with Gasteiger partial charge in [-0.3, -0.25) is 0 Å². The molecule has 1 unspecified atom stereocenters. The van der Waals surface area contributed by atoms with Crippen LogP contribution < -0.4 is 5.32 Å². The fraction of sp³-hybridized carbons (Fsp3) is 1.00. The van der Waals surface area contributed by atoms with Gasteiger partial charge in [0.15, 0.2) is 0 Å². The first-order valence-electron chi connectivity index (χ1n) is 6.47. The van der Waals surface area contributed by atoms with E-state index in [0.717, 1.165) is 19.6 Å². The normalized spacial score (nSPS) is 15.6. The Balaban J connectivity index is 4.05. The van der Waals surface area contributed by atoms with Crippen molar-refractivity contribution in [2.45, 2.75) is 47.0 Å². The third-order valence-corrected chi connectivity index (χ3v) is 3.02. The number of nitrogens with zero attached hydrogens (tertiary/aromatic N) is 1. The number of hydrogen-bond acceptors (Lipinski definition) is 2. The Morgan fingerprint density at radius 3 is 2.27 bits per heavy atom. The molecule has 0 saturated heterocycles. The maximum Gasteiger partial charge on any atom is 0.00443 e. The zero-order valence-corrected chi connectivity index (χ0v) is 11.4. The van der Waals surface area contributed by atoms with Gasteiger partial charge in [0, 0.05) is 13.1 Å². The summed E-state index contributed by atoms with van der Waals surface area (Å²) in [5, 5.41) is 3.56. The van der Waals surface area contributed by atoms with Crippen LogP contribution in [0.25, 0.3) is 0 Å². The smallest absolute Gasteiger partial charge is 0.00443 e. The molecule has 0 aliphatic heterocycles. The van der Waals surface area contributed by atoms with Crippen LogP contribution in [0.4, 0.5) is 0 Å². The van der Waals surface area contributed by atoms with Crippen LogP contribution in [0.15, 0.2) is 0 Å². The van der Waals surface area contributed by atoms with E-state index in [1.807, 2.05) is 0 Å². The van der Waals surface area contributed by atoms with Crippen molar-refractivity contribution in [2.75, 3.05) is 33.2 Å². The van der Waals surface area contributed by atoms with Crippen molar-refractivity contribution in [3.05, 3.63) is 0 Å². The van der Waals surface area contributed by atoms with Gasteiger partial charge in [-0.15, -0.1) is 0 Å². The maximum absolute atomic E-state index is 3.56. The highest BCUT2D eigenvalue weighted by Gasteiger charge is 2.23. The van der Waals surface area contributed by atoms with Crippen molar-refractivity contribution in [2.24, 2.45) is 5.41 Å². The summed E-state index contributed by atoms with van der Waals surface area (Å²) >= 11 is 0. The number of nitrogens with one attached hydrogen (secondary N) is 1. The summed E-state index contributed by atoms with van der Waals surface area (Å²) in [7, 11) is 2.22. The van der Waals surface area contributed by atoms with Gasteiger partial charge in [0.1, 0.15) is 0 Å². The third-order valence-electron chi connectivity index (χ3n) is 3.02. The molecule has 0 aliphatic rings. The summed E-state index contributed by atoms with van der Waals surface area (Å²) in [6.07, 6.45) is 3.82. The van der Waals surface area contributed by atoms with E-state index in [-0.39, 0.29) is 0 Å². The first-order chi connectivity index (χ1) is 7.08. The Kier molecular flexibility index (Phi) is 8.07. The molecule has 0 aliphatic carbocycles. The Morgan fingerprint density at radius 2 is 1.80 bits per heavy atom. The van der Waals surface area contributed by atoms with E-state index in [9.17, 15) is 0 Å². The topological polar surface area (TPSA) is 15.3 Å². The van der Waals surface area contributed by atoms with Crippen LogP contribution in [0.1, 0.15) is 47.0 Å². The molecule has 0 aromatic carbocycles. The van der Waals surface area contributed by atoms with Crippen LogP contribution in [0.5, 0.6) is 0 Å². The minimum absolute atomic E-state index is 0.439. The predicted octanol–water partition coefficient (Wildman–Crippen LogP) is 2.74. The number of rotatable bonds is 9. The van der Waals surface area contributed by atoms with Crippen LogP contribution >= 0.6 is 0 Å². The molecule has 2 heteroatoms. The molecule has 0 spiro atoms. The van der Waals surface area contributed by atoms with Crippen LogP contribution in [0, 0.1) is 5.41 Å². The highest BCUT2D eigenvalue weighted by Crippen LogP contribution is 2.23. The van der Waals surface area contributed by atoms with Crippen molar-refractivity contribution in [1.29, 1.82) is 0 Å². The average Bonchev–Trinajstić information content (AvgIpc) is 2.18. The molecule has 0 aromatic heterocycles. The van der Waals surface area contributed by atoms with E-state index < -0.39 is 0 Å². The molecule has 0 radical (unpaired) electrons. The lowest BCUT2D eigenvalue weighted by Gasteiger charge is -2.33. The standard InChI is InChI=1S/C13H30N2/c1-6-9-13(4,11-14-10-7-2)12-15(5)8-3/h14H,6-12H2,1-5H3. The Hall–Kier alpha value is -0.0800. The van der Waals surface area contributed by atoms with Crippen molar-refractivity contribution < 1.29 is 0 Å². The van der Waals surface area contributed by atoms with E-state index in [1.54, 1.807) is 0 Å². The van der Waals surface area contributed by atoms with Crippen LogP contribution in [0.2, 0.25) is 0 Å². The summed E-state index contributed by atoms with van der Waals surface area (Å²) < 4.78 is 0. The van der Waals surface area contributed by atoms with Crippen molar-refractivity contribution >= 4 is 0 Å². The molecular formula is C13H30N2. The van der Waals surface area contributed by atoms with E-state index in [0.29, 0.717) is 5.41 Å². The molecule has 0 heterocycles. The summed E-state index contributed by atoms with van der Waals surface area (Å²) in [6.45, 7) is 13.8. The van der Waals surface area contributed by atoms with E-state index in [2.05, 4.69) is 45.0 Å². The van der Waals surface area contributed by atoms with Gasteiger partial charge in [0.25, 0.3) is 0 Å². The molecule has 0 amide bonds. The maximum atomic E-state index is 3.56. The first kappa shape index (κ1) is 14.9. The highest BCUT2D eigenvalue weighted by atomic mass is 15.1. The Bertz CT molecular complexity index is 147. The second-order valence-electron chi connectivity index (χ2n) is 5.07. The molecule has 0 bridgehead atoms. The quantitative estimate of drug-likeness (QED) is 0.594. The highest BCUT2D eigenvalue weighted by molar-refractivity contribution is 4.79. The predicted molar refractivity (Wildman–Crippen MR) is 69.3 cm³/mol. The second-order valence-corrected chi connectivity index (χ2v) is 5.07. The molecule has 2 nitrogen and oxygen atoms in total. The molecule has 0 rings (SSSR count). The summed E-state index contributed by atoms with van der Waals surface area (Å²) in [5.41, 5.74) is 0.439. The first-order valence-corrected chi connectivity index (χ1v) is 6.47. The molecule has 0 fully saturated rings. The van der Waals surface area contributed by atoms with Crippen molar-refractivity contribution in [1.82, 2.24) is 10.2 Å². The van der Waals surface area contributed by atoms with E-state index in [4.69, 9.17) is 0 Å². The summed E-state index contributed by atoms with van der Waals surface area (Å²) in [6, 6.07) is 0. The van der Waals surface area contributed by atoms with Gasteiger partial charge in [-0.05, 0) is 38.4 Å². The van der Waals surface area contributed by atoms with Crippen LogP contribution in [-0.2, 0) is 0 Å². The Labute approximate surface area is 96.4 Å². The van der Waals surface area contributed by atoms with Crippen molar-refractivity contribution in [3.63, 3.8) is 0 Å². The molecule has 1 atom stereocenters. The lowest BCUT2D eigenvalue weighted by molar-refractivity contribution is 0.178. The zero-order chi connectivity index (χ0) is 11.7. The van der Waals surface area contributed by atoms with Gasteiger partial charge in [-0.25, -0.2) is 0 Å². The monoisotopic (exact) mass is 214 g/mol. The lowest BCUT2D eigenvalue weighted by atomic mass is 9.85.